The van der Waals surface area contributed by atoms with Crippen LogP contribution in [0.1, 0.15) is 42.4 Å². The van der Waals surface area contributed by atoms with Crippen molar-refractivity contribution in [2.45, 2.75) is 38.3 Å². The normalized spacial score (nSPS) is 13.1. The van der Waals surface area contributed by atoms with Gasteiger partial charge >= 0.3 is 6.18 Å². The molecule has 0 spiro atoms. The zero-order valence-corrected chi connectivity index (χ0v) is 14.2. The van der Waals surface area contributed by atoms with Gasteiger partial charge in [0, 0.05) is 0 Å². The second-order valence-electron chi connectivity index (χ2n) is 6.56. The third-order valence-corrected chi connectivity index (χ3v) is 4.71. The van der Waals surface area contributed by atoms with Gasteiger partial charge < -0.3 is 0 Å². The predicted molar refractivity (Wildman–Crippen MR) is 96.7 cm³/mol. The van der Waals surface area contributed by atoms with Gasteiger partial charge in [0.1, 0.15) is 0 Å². The van der Waals surface area contributed by atoms with Gasteiger partial charge in [-0.3, -0.25) is 0 Å². The second kappa shape index (κ2) is 7.30. The summed E-state index contributed by atoms with van der Waals surface area (Å²) in [7, 11) is 0. The maximum absolute atomic E-state index is 12.8. The van der Waals surface area contributed by atoms with Gasteiger partial charge in [0.05, 0.1) is 5.56 Å². The maximum Gasteiger partial charge on any atom is 0.416 e. The van der Waals surface area contributed by atoms with E-state index in [0.717, 1.165) is 24.5 Å². The number of benzene rings is 3. The first-order valence-electron chi connectivity index (χ1n) is 8.59. The van der Waals surface area contributed by atoms with E-state index in [1.165, 1.54) is 28.5 Å². The van der Waals surface area contributed by atoms with Crippen molar-refractivity contribution < 1.29 is 13.2 Å². The van der Waals surface area contributed by atoms with Gasteiger partial charge in [-0.2, -0.15) is 13.2 Å². The summed E-state index contributed by atoms with van der Waals surface area (Å²) >= 11 is 0. The molecule has 130 valence electrons. The minimum atomic E-state index is -4.27. The topological polar surface area (TPSA) is 0 Å². The van der Waals surface area contributed by atoms with E-state index in [-0.39, 0.29) is 0 Å². The van der Waals surface area contributed by atoms with Crippen LogP contribution in [-0.2, 0) is 12.6 Å². The highest BCUT2D eigenvalue weighted by molar-refractivity contribution is 5.86. The van der Waals surface area contributed by atoms with E-state index in [0.29, 0.717) is 12.3 Å². The Bertz CT molecular complexity index is 844. The molecule has 3 rings (SSSR count). The quantitative estimate of drug-likeness (QED) is 0.469. The molecule has 0 unspecified atom stereocenters. The van der Waals surface area contributed by atoms with Crippen LogP contribution < -0.4 is 0 Å². The molecular formula is C22H21F3. The first-order valence-corrected chi connectivity index (χ1v) is 8.59. The monoisotopic (exact) mass is 342 g/mol. The van der Waals surface area contributed by atoms with Crippen molar-refractivity contribution in [1.82, 2.24) is 0 Å². The zero-order valence-electron chi connectivity index (χ0n) is 14.2. The van der Waals surface area contributed by atoms with Crippen molar-refractivity contribution >= 4 is 10.8 Å². The maximum atomic E-state index is 12.8. The smallest absolute Gasteiger partial charge is 0.166 e. The van der Waals surface area contributed by atoms with Crippen molar-refractivity contribution in [3.8, 4) is 0 Å². The molecule has 0 fully saturated rings. The van der Waals surface area contributed by atoms with Gasteiger partial charge in [0.15, 0.2) is 0 Å². The van der Waals surface area contributed by atoms with Crippen LogP contribution in [0, 0.1) is 0 Å². The van der Waals surface area contributed by atoms with Crippen molar-refractivity contribution in [2.24, 2.45) is 0 Å². The Balaban J connectivity index is 1.66. The molecule has 3 heteroatoms. The summed E-state index contributed by atoms with van der Waals surface area (Å²) in [5.41, 5.74) is 1.49. The van der Waals surface area contributed by atoms with Crippen LogP contribution in [0.15, 0.2) is 66.7 Å². The molecular weight excluding hydrogens is 321 g/mol. The van der Waals surface area contributed by atoms with Crippen LogP contribution in [-0.4, -0.2) is 0 Å². The van der Waals surface area contributed by atoms with Gasteiger partial charge in [0.25, 0.3) is 0 Å². The number of rotatable bonds is 5. The number of alkyl halides is 3. The molecule has 0 radical (unpaired) electrons. The highest BCUT2D eigenvalue weighted by Crippen LogP contribution is 2.31. The largest absolute Gasteiger partial charge is 0.416 e. The highest BCUT2D eigenvalue weighted by atomic mass is 19.4. The molecule has 0 heterocycles. The third-order valence-electron chi connectivity index (χ3n) is 4.71. The summed E-state index contributed by atoms with van der Waals surface area (Å²) in [6, 6.07) is 20.3. The lowest BCUT2D eigenvalue weighted by Gasteiger charge is -2.15. The van der Waals surface area contributed by atoms with E-state index >= 15 is 0 Å². The lowest BCUT2D eigenvalue weighted by atomic mass is 9.90. The van der Waals surface area contributed by atoms with E-state index in [1.54, 1.807) is 6.07 Å². The van der Waals surface area contributed by atoms with Crippen LogP contribution in [0.5, 0.6) is 0 Å². The van der Waals surface area contributed by atoms with Crippen molar-refractivity contribution in [3.63, 3.8) is 0 Å². The average Bonchev–Trinajstić information content (AvgIpc) is 2.60. The van der Waals surface area contributed by atoms with Gasteiger partial charge in [-0.25, -0.2) is 0 Å². The number of hydrogen-bond donors (Lipinski definition) is 0. The standard InChI is InChI=1S/C22H21F3/c1-16(20-14-6-11-18-10-2-3-13-21(18)20)7-4-8-17-9-5-12-19(15-17)22(23,24)25/h2-3,5-6,9-16H,4,7-8H2,1H3/t16-/m1/s1. The van der Waals surface area contributed by atoms with E-state index < -0.39 is 11.7 Å². The van der Waals surface area contributed by atoms with Crippen LogP contribution >= 0.6 is 0 Å². The SMILES string of the molecule is C[C@H](CCCc1cccc(C(F)(F)F)c1)c1cccc2ccccc12. The van der Waals surface area contributed by atoms with Crippen LogP contribution in [0.25, 0.3) is 10.8 Å². The third kappa shape index (κ3) is 4.22. The zero-order chi connectivity index (χ0) is 17.9. The van der Waals surface area contributed by atoms with Crippen LogP contribution in [0.3, 0.4) is 0 Å². The van der Waals surface area contributed by atoms with E-state index in [1.807, 2.05) is 12.1 Å². The molecule has 0 aliphatic heterocycles. The number of aryl methyl sites for hydroxylation is 1. The summed E-state index contributed by atoms with van der Waals surface area (Å²) in [6.07, 6.45) is -1.79. The van der Waals surface area contributed by atoms with E-state index in [2.05, 4.69) is 37.3 Å². The summed E-state index contributed by atoms with van der Waals surface area (Å²) in [5, 5.41) is 2.49. The molecule has 0 amide bonds. The Kier molecular flexibility index (Phi) is 5.12. The lowest BCUT2D eigenvalue weighted by Crippen LogP contribution is -2.05. The molecule has 25 heavy (non-hydrogen) atoms. The lowest BCUT2D eigenvalue weighted by molar-refractivity contribution is -0.137. The Labute approximate surface area is 146 Å². The van der Waals surface area contributed by atoms with Gasteiger partial charge in [-0.15, -0.1) is 0 Å². The minimum Gasteiger partial charge on any atom is -0.166 e. The van der Waals surface area contributed by atoms with Gasteiger partial charge in [-0.1, -0.05) is 67.6 Å². The summed E-state index contributed by atoms with van der Waals surface area (Å²) < 4.78 is 38.4. The fourth-order valence-corrected chi connectivity index (χ4v) is 3.35. The molecule has 3 aromatic rings. The Morgan fingerprint density at radius 1 is 0.880 bits per heavy atom. The predicted octanol–water partition coefficient (Wildman–Crippen LogP) is 6.99. The second-order valence-corrected chi connectivity index (χ2v) is 6.56. The van der Waals surface area contributed by atoms with Crippen molar-refractivity contribution in [3.05, 3.63) is 83.4 Å². The van der Waals surface area contributed by atoms with Crippen LogP contribution in [0.4, 0.5) is 13.2 Å². The summed E-state index contributed by atoms with van der Waals surface area (Å²) in [6.45, 7) is 2.19. The van der Waals surface area contributed by atoms with Gasteiger partial charge in [-0.05, 0) is 53.1 Å². The fourth-order valence-electron chi connectivity index (χ4n) is 3.35. The Morgan fingerprint density at radius 3 is 2.40 bits per heavy atom. The first-order chi connectivity index (χ1) is 11.9. The summed E-state index contributed by atoms with van der Waals surface area (Å²) in [4.78, 5) is 0. The van der Waals surface area contributed by atoms with Crippen LogP contribution in [0.2, 0.25) is 0 Å². The molecule has 1 atom stereocenters. The highest BCUT2D eigenvalue weighted by Gasteiger charge is 2.30. The number of fused-ring (bicyclic) bond motifs is 1. The molecule has 3 aromatic carbocycles. The minimum absolute atomic E-state index is 0.372. The molecule has 0 saturated carbocycles. The molecule has 0 aliphatic rings. The fraction of sp³-hybridized carbons (Fsp3) is 0.273. The first kappa shape index (κ1) is 17.5. The molecule has 0 N–H and O–H groups in total. The average molecular weight is 342 g/mol. The van der Waals surface area contributed by atoms with Crippen molar-refractivity contribution in [2.75, 3.05) is 0 Å². The molecule has 0 saturated heterocycles. The molecule has 0 aromatic heterocycles. The van der Waals surface area contributed by atoms with Crippen molar-refractivity contribution in [1.29, 1.82) is 0 Å². The van der Waals surface area contributed by atoms with E-state index in [4.69, 9.17) is 0 Å². The molecule has 0 bridgehead atoms. The van der Waals surface area contributed by atoms with E-state index in [9.17, 15) is 13.2 Å². The Morgan fingerprint density at radius 2 is 1.60 bits per heavy atom. The molecule has 0 aliphatic carbocycles. The molecule has 0 nitrogen and oxygen atoms in total. The van der Waals surface area contributed by atoms with Gasteiger partial charge in [0.2, 0.25) is 0 Å². The number of hydrogen-bond acceptors (Lipinski definition) is 0. The number of halogens is 3. The summed E-state index contributed by atoms with van der Waals surface area (Å²) in [5.74, 6) is 0.372. The Hall–Kier alpha value is -2.29.